The molecule has 1 aliphatic heterocycles. The third-order valence-electron chi connectivity index (χ3n) is 1.14. The fourth-order valence-electron chi connectivity index (χ4n) is 0.729. The van der Waals surface area contributed by atoms with E-state index in [4.69, 9.17) is 21.4 Å². The molecule has 44 valence electrons. The van der Waals surface area contributed by atoms with E-state index in [0.717, 1.165) is 11.5 Å². The zero-order chi connectivity index (χ0) is 5.33. The lowest BCUT2D eigenvalue weighted by molar-refractivity contribution is 0.949. The van der Waals surface area contributed by atoms with Crippen molar-refractivity contribution in [1.82, 2.24) is 0 Å². The number of halogens is 2. The fraction of sp³-hybridized carbons (Fsp3) is 1.00. The Morgan fingerprint density at radius 2 is 1.43 bits per heavy atom. The first kappa shape index (κ1) is 6.06. The quantitative estimate of drug-likeness (QED) is 0.509. The fourth-order valence-corrected chi connectivity index (χ4v) is 3.49. The smallest absolute Gasteiger partial charge is 0.00304 e. The van der Waals surface area contributed by atoms with Gasteiger partial charge in [0.2, 0.25) is 0 Å². The van der Waals surface area contributed by atoms with Crippen LogP contribution in [0.5, 0.6) is 0 Å². The van der Waals surface area contributed by atoms with Crippen LogP contribution in [-0.2, 0) is 0 Å². The van der Waals surface area contributed by atoms with Crippen LogP contribution in [0.15, 0.2) is 0 Å². The highest BCUT2D eigenvalue weighted by molar-refractivity contribution is 8.66. The van der Waals surface area contributed by atoms with Crippen molar-refractivity contribution in [1.29, 1.82) is 0 Å². The van der Waals surface area contributed by atoms with Crippen molar-refractivity contribution in [3.8, 4) is 0 Å². The van der Waals surface area contributed by atoms with E-state index < -0.39 is 8.46 Å². The maximum absolute atomic E-state index is 5.82. The minimum absolute atomic E-state index is 1.07. The zero-order valence-corrected chi connectivity index (χ0v) is 6.32. The minimum Gasteiger partial charge on any atom is -0.0844 e. The molecule has 0 aliphatic carbocycles. The molecule has 0 amide bonds. The maximum atomic E-state index is 5.82. The Kier molecular flexibility index (Phi) is 1.76. The van der Waals surface area contributed by atoms with E-state index in [1.54, 1.807) is 0 Å². The van der Waals surface area contributed by atoms with Gasteiger partial charge in [0.05, 0.1) is 0 Å². The summed E-state index contributed by atoms with van der Waals surface area (Å²) in [6.07, 6.45) is 2.48. The van der Waals surface area contributed by atoms with Crippen molar-refractivity contribution in [2.75, 3.05) is 11.5 Å². The van der Waals surface area contributed by atoms with Gasteiger partial charge in [-0.1, -0.05) is 29.8 Å². The van der Waals surface area contributed by atoms with E-state index in [0.29, 0.717) is 0 Å². The van der Waals surface area contributed by atoms with E-state index in [-0.39, 0.29) is 0 Å². The molecule has 1 rings (SSSR count). The molecule has 0 nitrogen and oxygen atoms in total. The summed E-state index contributed by atoms with van der Waals surface area (Å²) in [6, 6.07) is 0. The normalized spacial score (nSPS) is 32.9. The van der Waals surface area contributed by atoms with Gasteiger partial charge in [0.15, 0.2) is 0 Å². The third kappa shape index (κ3) is 1.71. The van der Waals surface area contributed by atoms with Crippen LogP contribution in [0.4, 0.5) is 0 Å². The van der Waals surface area contributed by atoms with Crippen molar-refractivity contribution in [2.24, 2.45) is 0 Å². The van der Waals surface area contributed by atoms with Gasteiger partial charge in [-0.2, -0.15) is 0 Å². The Morgan fingerprint density at radius 1 is 1.00 bits per heavy atom. The molecule has 3 heteroatoms. The lowest BCUT2D eigenvalue weighted by Gasteiger charge is -2.14. The highest BCUT2D eigenvalue weighted by Gasteiger charge is 2.22. The second kappa shape index (κ2) is 2.04. The second-order valence-corrected chi connectivity index (χ2v) is 8.05. The molecule has 0 N–H and O–H groups in total. The summed E-state index contributed by atoms with van der Waals surface area (Å²) in [5, 5.41) is 0. The van der Waals surface area contributed by atoms with Crippen LogP contribution in [0.3, 0.4) is 0 Å². The first-order chi connectivity index (χ1) is 3.21. The molecule has 1 heterocycles. The molecule has 1 saturated heterocycles. The van der Waals surface area contributed by atoms with E-state index in [1.807, 2.05) is 0 Å². The molecule has 0 unspecified atom stereocenters. The van der Waals surface area contributed by atoms with E-state index in [9.17, 15) is 0 Å². The van der Waals surface area contributed by atoms with Crippen LogP contribution in [0, 0.1) is 0 Å². The molecule has 0 saturated carbocycles. The zero-order valence-electron chi connectivity index (χ0n) is 3.99. The van der Waals surface area contributed by atoms with Gasteiger partial charge in [0, 0.05) is 11.5 Å². The lowest BCUT2D eigenvalue weighted by atomic mass is 10.4. The molecule has 0 atom stereocenters. The average Bonchev–Trinajstić information content (AvgIpc) is 1.84. The molecule has 0 radical (unpaired) electrons. The minimum atomic E-state index is -1.10. The van der Waals surface area contributed by atoms with Gasteiger partial charge >= 0.3 is 0 Å². The number of rotatable bonds is 0. The van der Waals surface area contributed by atoms with Gasteiger partial charge in [-0.05, 0) is 12.8 Å². The van der Waals surface area contributed by atoms with Crippen LogP contribution < -0.4 is 0 Å². The molecule has 7 heavy (non-hydrogen) atoms. The highest BCUT2D eigenvalue weighted by atomic mass is 36.0. The Morgan fingerprint density at radius 3 is 1.57 bits per heavy atom. The summed E-state index contributed by atoms with van der Waals surface area (Å²) >= 11 is 0. The Bertz CT molecular complexity index is 64.1. The topological polar surface area (TPSA) is 0 Å². The Hall–Kier alpha value is 0.930. The van der Waals surface area contributed by atoms with Gasteiger partial charge in [0.1, 0.15) is 0 Å². The second-order valence-electron chi connectivity index (χ2n) is 1.81. The largest absolute Gasteiger partial charge is 0.0844 e. The van der Waals surface area contributed by atoms with Gasteiger partial charge in [0.25, 0.3) is 0 Å². The van der Waals surface area contributed by atoms with Crippen LogP contribution in [0.1, 0.15) is 12.8 Å². The van der Waals surface area contributed by atoms with Gasteiger partial charge in [-0.25, -0.2) is 0 Å². The summed E-state index contributed by atoms with van der Waals surface area (Å²) in [6.45, 7) is 0. The summed E-state index contributed by atoms with van der Waals surface area (Å²) < 4.78 is 0. The van der Waals surface area contributed by atoms with Crippen LogP contribution in [0.25, 0.3) is 0 Å². The molecule has 1 aliphatic rings. The van der Waals surface area contributed by atoms with E-state index >= 15 is 0 Å². The molecule has 0 aromatic rings. The number of hydrogen-bond donors (Lipinski definition) is 0. The summed E-state index contributed by atoms with van der Waals surface area (Å²) in [5.41, 5.74) is 0. The molecule has 0 aromatic carbocycles. The Balaban J connectivity index is 2.40. The predicted molar refractivity (Wildman–Crippen MR) is 38.3 cm³/mol. The first-order valence-electron chi connectivity index (χ1n) is 2.39. The van der Waals surface area contributed by atoms with Crippen LogP contribution >= 0.6 is 29.8 Å². The molecular weight excluding hydrogens is 151 g/mol. The first-order valence-corrected chi connectivity index (χ1v) is 6.01. The van der Waals surface area contributed by atoms with Crippen molar-refractivity contribution in [3.05, 3.63) is 0 Å². The van der Waals surface area contributed by atoms with E-state index in [2.05, 4.69) is 0 Å². The van der Waals surface area contributed by atoms with Crippen LogP contribution in [-0.4, -0.2) is 11.5 Å². The van der Waals surface area contributed by atoms with Crippen molar-refractivity contribution >= 4 is 29.8 Å². The maximum Gasteiger partial charge on any atom is 0.00304 e. The molecule has 0 aromatic heterocycles. The van der Waals surface area contributed by atoms with Crippen molar-refractivity contribution < 1.29 is 0 Å². The molecule has 0 spiro atoms. The van der Waals surface area contributed by atoms with Gasteiger partial charge in [-0.3, -0.25) is 0 Å². The van der Waals surface area contributed by atoms with Gasteiger partial charge < -0.3 is 0 Å². The number of hydrogen-bond acceptors (Lipinski definition) is 0. The summed E-state index contributed by atoms with van der Waals surface area (Å²) in [4.78, 5) is 0. The monoisotopic (exact) mass is 158 g/mol. The SMILES string of the molecule is ClS1(Cl)CCCC1. The third-order valence-corrected chi connectivity index (χ3v) is 4.76. The standard InChI is InChI=1S/C4H8Cl2S/c5-7(6)3-1-2-4-7/h1-4H2. The Labute approximate surface area is 54.5 Å². The van der Waals surface area contributed by atoms with Crippen molar-refractivity contribution in [2.45, 2.75) is 12.8 Å². The average molecular weight is 159 g/mol. The summed E-state index contributed by atoms with van der Waals surface area (Å²) in [7, 11) is 10.5. The summed E-state index contributed by atoms with van der Waals surface area (Å²) in [5.74, 6) is 2.13. The molecular formula is C4H8Cl2S. The predicted octanol–water partition coefficient (Wildman–Crippen LogP) is 2.89. The van der Waals surface area contributed by atoms with Gasteiger partial charge in [-0.15, -0.1) is 0 Å². The molecule has 1 fully saturated rings. The molecule has 0 bridgehead atoms. The van der Waals surface area contributed by atoms with Crippen molar-refractivity contribution in [3.63, 3.8) is 0 Å². The van der Waals surface area contributed by atoms with Crippen LogP contribution in [0.2, 0.25) is 0 Å². The lowest BCUT2D eigenvalue weighted by Crippen LogP contribution is -1.78. The highest BCUT2D eigenvalue weighted by Crippen LogP contribution is 2.62. The van der Waals surface area contributed by atoms with E-state index in [1.165, 1.54) is 12.8 Å².